The summed E-state index contributed by atoms with van der Waals surface area (Å²) in [6, 6.07) is 1.32. The fourth-order valence-corrected chi connectivity index (χ4v) is 2.23. The van der Waals surface area contributed by atoms with E-state index in [1.807, 2.05) is 0 Å². The van der Waals surface area contributed by atoms with Crippen molar-refractivity contribution in [1.82, 2.24) is 20.4 Å². The van der Waals surface area contributed by atoms with Crippen LogP contribution < -0.4 is 10.5 Å². The van der Waals surface area contributed by atoms with Crippen molar-refractivity contribution in [3.63, 3.8) is 0 Å². The number of aromatic amines is 2. The number of rotatable bonds is 4. The van der Waals surface area contributed by atoms with E-state index < -0.39 is 10.0 Å². The molecule has 0 aliphatic carbocycles. The maximum absolute atomic E-state index is 11.8. The molecular formula is C7H8N6O2S2. The van der Waals surface area contributed by atoms with Gasteiger partial charge in [0.2, 0.25) is 0 Å². The molecule has 0 spiro atoms. The molecule has 0 radical (unpaired) electrons. The Bertz CT molecular complexity index is 629. The molecule has 0 unspecified atom stereocenters. The number of thiocarbonyl (C=S) groups is 1. The highest BCUT2D eigenvalue weighted by atomic mass is 32.2. The number of nitrogens with one attached hydrogen (secondary N) is 3. The second kappa shape index (κ2) is 4.14. The third-order valence-electron chi connectivity index (χ3n) is 1.91. The van der Waals surface area contributed by atoms with E-state index >= 15 is 0 Å². The van der Waals surface area contributed by atoms with Crippen molar-refractivity contribution in [2.24, 2.45) is 5.73 Å². The topological polar surface area (TPSA) is 130 Å². The van der Waals surface area contributed by atoms with Crippen molar-refractivity contribution in [1.29, 1.82) is 0 Å². The summed E-state index contributed by atoms with van der Waals surface area (Å²) >= 11 is 4.76. The first-order valence-corrected chi connectivity index (χ1v) is 6.25. The van der Waals surface area contributed by atoms with Gasteiger partial charge in [-0.1, -0.05) is 12.2 Å². The van der Waals surface area contributed by atoms with E-state index in [2.05, 4.69) is 25.1 Å². The Labute approximate surface area is 102 Å². The number of aromatic nitrogens is 4. The molecule has 0 fully saturated rings. The Kier molecular flexibility index (Phi) is 2.81. The Morgan fingerprint density at radius 3 is 2.76 bits per heavy atom. The highest BCUT2D eigenvalue weighted by molar-refractivity contribution is 7.92. The maximum Gasteiger partial charge on any atom is 0.279 e. The second-order valence-electron chi connectivity index (χ2n) is 3.05. The van der Waals surface area contributed by atoms with Gasteiger partial charge >= 0.3 is 0 Å². The van der Waals surface area contributed by atoms with Crippen molar-refractivity contribution in [2.75, 3.05) is 4.72 Å². The Morgan fingerprint density at radius 1 is 1.41 bits per heavy atom. The van der Waals surface area contributed by atoms with Crippen LogP contribution in [0.4, 0.5) is 5.82 Å². The molecule has 0 saturated heterocycles. The van der Waals surface area contributed by atoms with Crippen molar-refractivity contribution >= 4 is 33.0 Å². The van der Waals surface area contributed by atoms with Crippen LogP contribution in [0, 0.1) is 0 Å². The third-order valence-corrected chi connectivity index (χ3v) is 3.41. The van der Waals surface area contributed by atoms with Gasteiger partial charge in [0.1, 0.15) is 10.8 Å². The van der Waals surface area contributed by atoms with Gasteiger partial charge in [0, 0.05) is 0 Å². The molecule has 17 heavy (non-hydrogen) atoms. The highest BCUT2D eigenvalue weighted by Crippen LogP contribution is 2.15. The molecule has 2 rings (SSSR count). The van der Waals surface area contributed by atoms with Crippen LogP contribution in [0.15, 0.2) is 23.5 Å². The summed E-state index contributed by atoms with van der Waals surface area (Å²) in [5.74, 6) is 0.118. The number of sulfonamides is 1. The summed E-state index contributed by atoms with van der Waals surface area (Å²) in [5.41, 5.74) is 5.74. The molecule has 2 aromatic heterocycles. The molecule has 10 heteroatoms. The zero-order valence-corrected chi connectivity index (χ0v) is 9.97. The molecule has 2 aromatic rings. The van der Waals surface area contributed by atoms with Gasteiger partial charge in [-0.05, 0) is 6.07 Å². The highest BCUT2D eigenvalue weighted by Gasteiger charge is 2.19. The fraction of sp³-hybridized carbons (Fsp3) is 0. The quantitative estimate of drug-likeness (QED) is 0.559. The molecular weight excluding hydrogens is 264 g/mol. The monoisotopic (exact) mass is 272 g/mol. The van der Waals surface area contributed by atoms with Crippen LogP contribution in [0.1, 0.15) is 5.56 Å². The number of nitrogens with two attached hydrogens (primary N) is 1. The average molecular weight is 272 g/mol. The standard InChI is InChI=1S/C7H8N6O2S2/c8-6(16)4-3-10-12-7(4)13-17(14,15)5-1-2-9-11-5/h1-3H,(H2,8,16)(H,9,11)(H2,10,12,13). The zero-order valence-electron chi connectivity index (χ0n) is 8.34. The predicted molar refractivity (Wildman–Crippen MR) is 63.9 cm³/mol. The Balaban J connectivity index is 2.33. The zero-order chi connectivity index (χ0) is 12.5. The van der Waals surface area contributed by atoms with E-state index in [4.69, 9.17) is 18.0 Å². The SMILES string of the molecule is NC(=S)c1cn[nH]c1NS(=O)(=O)c1ccn[nH]1. The minimum Gasteiger partial charge on any atom is -0.389 e. The molecule has 8 nitrogen and oxygen atoms in total. The molecule has 5 N–H and O–H groups in total. The summed E-state index contributed by atoms with van der Waals surface area (Å²) in [5, 5.41) is 12.0. The molecule has 0 saturated carbocycles. The van der Waals surface area contributed by atoms with Crippen LogP contribution >= 0.6 is 12.2 Å². The number of nitrogens with zero attached hydrogens (tertiary/aromatic N) is 2. The van der Waals surface area contributed by atoms with Crippen LogP contribution in [-0.2, 0) is 10.0 Å². The van der Waals surface area contributed by atoms with Crippen LogP contribution in [0.25, 0.3) is 0 Å². The molecule has 0 aromatic carbocycles. The normalized spacial score (nSPS) is 11.3. The second-order valence-corrected chi connectivity index (χ2v) is 5.14. The van der Waals surface area contributed by atoms with Gasteiger partial charge in [0.05, 0.1) is 18.0 Å². The first kappa shape index (κ1) is 11.5. The molecule has 0 bridgehead atoms. The lowest BCUT2D eigenvalue weighted by Crippen LogP contribution is -2.17. The lowest BCUT2D eigenvalue weighted by atomic mass is 10.3. The minimum absolute atomic E-state index is 0.0426. The summed E-state index contributed by atoms with van der Waals surface area (Å²) in [4.78, 5) is 0.0426. The van der Waals surface area contributed by atoms with Crippen LogP contribution in [0.5, 0.6) is 0 Å². The van der Waals surface area contributed by atoms with Crippen LogP contribution in [0.2, 0.25) is 0 Å². The van der Waals surface area contributed by atoms with E-state index in [0.29, 0.717) is 5.56 Å². The average Bonchev–Trinajstić information content (AvgIpc) is 2.85. The van der Waals surface area contributed by atoms with Crippen molar-refractivity contribution in [2.45, 2.75) is 5.03 Å². The van der Waals surface area contributed by atoms with Gasteiger partial charge in [-0.15, -0.1) is 0 Å². The summed E-state index contributed by atoms with van der Waals surface area (Å²) < 4.78 is 25.9. The molecule has 2 heterocycles. The van der Waals surface area contributed by atoms with Gasteiger partial charge in [0.25, 0.3) is 10.0 Å². The Morgan fingerprint density at radius 2 is 2.18 bits per heavy atom. The molecule has 0 aliphatic rings. The smallest absolute Gasteiger partial charge is 0.279 e. The minimum atomic E-state index is -3.75. The van der Waals surface area contributed by atoms with E-state index in [1.54, 1.807) is 0 Å². The van der Waals surface area contributed by atoms with Crippen molar-refractivity contribution < 1.29 is 8.42 Å². The van der Waals surface area contributed by atoms with Gasteiger partial charge < -0.3 is 5.73 Å². The maximum atomic E-state index is 11.8. The van der Waals surface area contributed by atoms with E-state index in [0.717, 1.165) is 0 Å². The number of H-pyrrole nitrogens is 2. The number of hydrogen-bond donors (Lipinski definition) is 4. The van der Waals surface area contributed by atoms with Crippen LogP contribution in [0.3, 0.4) is 0 Å². The van der Waals surface area contributed by atoms with Crippen molar-refractivity contribution in [3.8, 4) is 0 Å². The van der Waals surface area contributed by atoms with E-state index in [1.165, 1.54) is 18.5 Å². The lowest BCUT2D eigenvalue weighted by Gasteiger charge is -2.05. The van der Waals surface area contributed by atoms with E-state index in [9.17, 15) is 8.42 Å². The first-order valence-electron chi connectivity index (χ1n) is 4.36. The first-order chi connectivity index (χ1) is 8.00. The van der Waals surface area contributed by atoms with Crippen LogP contribution in [-0.4, -0.2) is 33.8 Å². The molecule has 0 aliphatic heterocycles. The molecule has 0 atom stereocenters. The number of anilines is 1. The summed E-state index contributed by atoms with van der Waals surface area (Å²) in [7, 11) is -3.75. The largest absolute Gasteiger partial charge is 0.389 e. The number of hydrogen-bond acceptors (Lipinski definition) is 5. The summed E-state index contributed by atoms with van der Waals surface area (Å²) in [6.07, 6.45) is 2.67. The van der Waals surface area contributed by atoms with Gasteiger partial charge in [-0.3, -0.25) is 14.9 Å². The Hall–Kier alpha value is -1.94. The van der Waals surface area contributed by atoms with Gasteiger partial charge in [-0.2, -0.15) is 18.6 Å². The fourth-order valence-electron chi connectivity index (χ4n) is 1.13. The summed E-state index contributed by atoms with van der Waals surface area (Å²) in [6.45, 7) is 0. The molecule has 0 amide bonds. The van der Waals surface area contributed by atoms with Gasteiger partial charge in [-0.25, -0.2) is 0 Å². The lowest BCUT2D eigenvalue weighted by molar-refractivity contribution is 0.597. The van der Waals surface area contributed by atoms with Gasteiger partial charge in [0.15, 0.2) is 5.03 Å². The van der Waals surface area contributed by atoms with E-state index in [-0.39, 0.29) is 15.8 Å². The predicted octanol–water partition coefficient (Wildman–Crippen LogP) is -0.432. The van der Waals surface area contributed by atoms with Crippen molar-refractivity contribution in [3.05, 3.63) is 24.0 Å². The third kappa shape index (κ3) is 2.26. The molecule has 90 valence electrons.